The molecule has 2 N–H and O–H groups in total. The van der Waals surface area contributed by atoms with Crippen LogP contribution in [0.25, 0.3) is 0 Å². The molecule has 0 radical (unpaired) electrons. The Hall–Kier alpha value is -1.71. The van der Waals surface area contributed by atoms with Gasteiger partial charge in [-0.1, -0.05) is 13.0 Å². The standard InChI is InChI=1S/C14H22N2O2/c1-6-14(2,3)16(4)13(17)10-8-7-9-11(18-5)12(10)15/h7-9H,6,15H2,1-5H3. The fraction of sp³-hybridized carbons (Fsp3) is 0.500. The molecule has 1 aromatic rings. The smallest absolute Gasteiger partial charge is 0.256 e. The van der Waals surface area contributed by atoms with Gasteiger partial charge in [-0.15, -0.1) is 0 Å². The van der Waals surface area contributed by atoms with E-state index in [0.717, 1.165) is 6.42 Å². The Balaban J connectivity index is 3.12. The van der Waals surface area contributed by atoms with E-state index < -0.39 is 0 Å². The zero-order valence-electron chi connectivity index (χ0n) is 11.8. The van der Waals surface area contributed by atoms with Crippen molar-refractivity contribution in [3.05, 3.63) is 23.8 Å². The molecule has 0 aliphatic heterocycles. The van der Waals surface area contributed by atoms with Crippen molar-refractivity contribution in [2.24, 2.45) is 0 Å². The zero-order valence-corrected chi connectivity index (χ0v) is 11.8. The lowest BCUT2D eigenvalue weighted by atomic mass is 9.98. The number of carbonyl (C=O) groups is 1. The molecule has 1 amide bonds. The number of anilines is 1. The quantitative estimate of drug-likeness (QED) is 0.835. The summed E-state index contributed by atoms with van der Waals surface area (Å²) < 4.78 is 5.13. The molecule has 0 saturated carbocycles. The molecule has 0 fully saturated rings. The molecule has 0 saturated heterocycles. The molecule has 18 heavy (non-hydrogen) atoms. The molecule has 100 valence electrons. The summed E-state index contributed by atoms with van der Waals surface area (Å²) in [4.78, 5) is 14.1. The number of hydrogen-bond donors (Lipinski definition) is 1. The van der Waals surface area contributed by atoms with Crippen molar-refractivity contribution in [1.82, 2.24) is 4.90 Å². The van der Waals surface area contributed by atoms with E-state index in [1.807, 2.05) is 13.8 Å². The fourth-order valence-corrected chi connectivity index (χ4v) is 1.60. The monoisotopic (exact) mass is 250 g/mol. The van der Waals surface area contributed by atoms with Crippen LogP contribution in [0.2, 0.25) is 0 Å². The SMILES string of the molecule is CCC(C)(C)N(C)C(=O)c1cccc(OC)c1N. The number of hydrogen-bond acceptors (Lipinski definition) is 3. The second-order valence-electron chi connectivity index (χ2n) is 4.95. The number of benzene rings is 1. The minimum Gasteiger partial charge on any atom is -0.495 e. The van der Waals surface area contributed by atoms with Crippen molar-refractivity contribution in [1.29, 1.82) is 0 Å². The van der Waals surface area contributed by atoms with Gasteiger partial charge >= 0.3 is 0 Å². The third kappa shape index (κ3) is 2.58. The van der Waals surface area contributed by atoms with Gasteiger partial charge in [0, 0.05) is 12.6 Å². The van der Waals surface area contributed by atoms with E-state index in [0.29, 0.717) is 17.0 Å². The molecule has 0 spiro atoms. The number of nitrogens with two attached hydrogens (primary N) is 1. The van der Waals surface area contributed by atoms with Crippen molar-refractivity contribution in [3.63, 3.8) is 0 Å². The number of amides is 1. The largest absolute Gasteiger partial charge is 0.495 e. The molecule has 1 aromatic carbocycles. The van der Waals surface area contributed by atoms with Crippen LogP contribution in [0.5, 0.6) is 5.75 Å². The van der Waals surface area contributed by atoms with E-state index in [1.54, 1.807) is 37.3 Å². The van der Waals surface area contributed by atoms with Crippen LogP contribution in [-0.4, -0.2) is 30.5 Å². The Morgan fingerprint density at radius 1 is 1.44 bits per heavy atom. The van der Waals surface area contributed by atoms with Crippen LogP contribution in [0.3, 0.4) is 0 Å². The number of ether oxygens (including phenoxy) is 1. The van der Waals surface area contributed by atoms with Gasteiger partial charge in [0.05, 0.1) is 18.4 Å². The molecule has 0 aliphatic rings. The van der Waals surface area contributed by atoms with Crippen LogP contribution in [-0.2, 0) is 0 Å². The van der Waals surface area contributed by atoms with Crippen molar-refractivity contribution in [3.8, 4) is 5.75 Å². The van der Waals surface area contributed by atoms with E-state index in [2.05, 4.69) is 6.92 Å². The highest BCUT2D eigenvalue weighted by Gasteiger charge is 2.27. The second kappa shape index (κ2) is 5.29. The van der Waals surface area contributed by atoms with Gasteiger partial charge < -0.3 is 15.4 Å². The van der Waals surface area contributed by atoms with Gasteiger partial charge in [0.25, 0.3) is 5.91 Å². The van der Waals surface area contributed by atoms with E-state index in [1.165, 1.54) is 0 Å². The van der Waals surface area contributed by atoms with Gasteiger partial charge in [-0.05, 0) is 32.4 Å². The molecule has 0 bridgehead atoms. The average molecular weight is 250 g/mol. The van der Waals surface area contributed by atoms with Gasteiger partial charge in [-0.25, -0.2) is 0 Å². The number of carbonyl (C=O) groups excluding carboxylic acids is 1. The van der Waals surface area contributed by atoms with Gasteiger partial charge in [0.2, 0.25) is 0 Å². The van der Waals surface area contributed by atoms with E-state index in [-0.39, 0.29) is 11.4 Å². The lowest BCUT2D eigenvalue weighted by molar-refractivity contribution is 0.0621. The highest BCUT2D eigenvalue weighted by atomic mass is 16.5. The topological polar surface area (TPSA) is 55.6 Å². The first-order valence-electron chi connectivity index (χ1n) is 6.05. The maximum atomic E-state index is 12.4. The molecule has 1 rings (SSSR count). The van der Waals surface area contributed by atoms with Crippen molar-refractivity contribution in [2.75, 3.05) is 19.9 Å². The van der Waals surface area contributed by atoms with Crippen LogP contribution in [0.4, 0.5) is 5.69 Å². The highest BCUT2D eigenvalue weighted by Crippen LogP contribution is 2.28. The lowest BCUT2D eigenvalue weighted by Gasteiger charge is -2.35. The predicted molar refractivity (Wildman–Crippen MR) is 73.9 cm³/mol. The Labute approximate surface area is 109 Å². The summed E-state index contributed by atoms with van der Waals surface area (Å²) >= 11 is 0. The van der Waals surface area contributed by atoms with E-state index in [4.69, 9.17) is 10.5 Å². The molecule has 0 atom stereocenters. The maximum absolute atomic E-state index is 12.4. The first-order valence-corrected chi connectivity index (χ1v) is 6.05. The minimum atomic E-state index is -0.202. The Morgan fingerprint density at radius 3 is 2.56 bits per heavy atom. The second-order valence-corrected chi connectivity index (χ2v) is 4.95. The van der Waals surface area contributed by atoms with Crippen molar-refractivity contribution < 1.29 is 9.53 Å². The molecule has 0 unspecified atom stereocenters. The van der Waals surface area contributed by atoms with E-state index in [9.17, 15) is 4.79 Å². The Kier molecular flexibility index (Phi) is 4.22. The van der Waals surface area contributed by atoms with Crippen LogP contribution in [0.1, 0.15) is 37.6 Å². The summed E-state index contributed by atoms with van der Waals surface area (Å²) in [7, 11) is 3.34. The lowest BCUT2D eigenvalue weighted by Crippen LogP contribution is -2.44. The summed E-state index contributed by atoms with van der Waals surface area (Å²) in [5.74, 6) is 0.446. The van der Waals surface area contributed by atoms with Crippen LogP contribution in [0, 0.1) is 0 Å². The Morgan fingerprint density at radius 2 is 2.06 bits per heavy atom. The molecular weight excluding hydrogens is 228 g/mol. The average Bonchev–Trinajstić information content (AvgIpc) is 2.37. The third-order valence-corrected chi connectivity index (χ3v) is 3.59. The highest BCUT2D eigenvalue weighted by molar-refractivity contribution is 6.00. The normalized spacial score (nSPS) is 11.2. The predicted octanol–water partition coefficient (Wildman–Crippen LogP) is 2.54. The zero-order chi connectivity index (χ0) is 13.9. The molecule has 0 aromatic heterocycles. The van der Waals surface area contributed by atoms with E-state index >= 15 is 0 Å². The first kappa shape index (κ1) is 14.4. The number of methoxy groups -OCH3 is 1. The molecule has 4 heteroatoms. The first-order chi connectivity index (χ1) is 8.35. The maximum Gasteiger partial charge on any atom is 0.256 e. The summed E-state index contributed by atoms with van der Waals surface area (Å²) in [6, 6.07) is 5.24. The van der Waals surface area contributed by atoms with Crippen LogP contribution >= 0.6 is 0 Å². The molecule has 4 nitrogen and oxygen atoms in total. The van der Waals surface area contributed by atoms with Gasteiger partial charge in [-0.2, -0.15) is 0 Å². The van der Waals surface area contributed by atoms with Gasteiger partial charge in [0.15, 0.2) is 0 Å². The minimum absolute atomic E-state index is 0.0850. The van der Waals surface area contributed by atoms with Gasteiger partial charge in [0.1, 0.15) is 5.75 Å². The van der Waals surface area contributed by atoms with Crippen LogP contribution < -0.4 is 10.5 Å². The van der Waals surface area contributed by atoms with Crippen molar-refractivity contribution in [2.45, 2.75) is 32.7 Å². The summed E-state index contributed by atoms with van der Waals surface area (Å²) in [5.41, 5.74) is 6.62. The number of rotatable bonds is 4. The van der Waals surface area contributed by atoms with Crippen molar-refractivity contribution >= 4 is 11.6 Å². The Bertz CT molecular complexity index is 441. The molecular formula is C14H22N2O2. The molecule has 0 aliphatic carbocycles. The summed E-state index contributed by atoms with van der Waals surface area (Å²) in [6.45, 7) is 6.11. The fourth-order valence-electron chi connectivity index (χ4n) is 1.60. The number of para-hydroxylation sites is 1. The number of nitrogen functional groups attached to an aromatic ring is 1. The number of nitrogens with zero attached hydrogens (tertiary/aromatic N) is 1. The summed E-state index contributed by atoms with van der Waals surface area (Å²) in [5, 5.41) is 0. The third-order valence-electron chi connectivity index (χ3n) is 3.59. The summed E-state index contributed by atoms with van der Waals surface area (Å²) in [6.07, 6.45) is 0.874. The van der Waals surface area contributed by atoms with Gasteiger partial charge in [-0.3, -0.25) is 4.79 Å². The van der Waals surface area contributed by atoms with Crippen LogP contribution in [0.15, 0.2) is 18.2 Å². The molecule has 0 heterocycles.